The van der Waals surface area contributed by atoms with Gasteiger partial charge in [-0.15, -0.1) is 0 Å². The molecule has 1 aromatic rings. The maximum Gasteiger partial charge on any atom is 0.238 e. The van der Waals surface area contributed by atoms with Gasteiger partial charge in [-0.05, 0) is 38.0 Å². The fraction of sp³-hybridized carbons (Fsp3) is 0.500. The van der Waals surface area contributed by atoms with Crippen LogP contribution in [0.5, 0.6) is 0 Å². The molecule has 0 heterocycles. The van der Waals surface area contributed by atoms with Crippen LogP contribution in [-0.2, 0) is 19.4 Å². The normalized spacial score (nSPS) is 12.9. The van der Waals surface area contributed by atoms with E-state index in [1.54, 1.807) is 26.2 Å². The molecule has 0 radical (unpaired) electrons. The second kappa shape index (κ2) is 7.42. The Kier molecular flexibility index (Phi) is 6.17. The third kappa shape index (κ3) is 4.44. The van der Waals surface area contributed by atoms with Crippen LogP contribution >= 0.6 is 0 Å². The Morgan fingerprint density at radius 1 is 1.43 bits per heavy atom. The molecule has 0 aliphatic rings. The van der Waals surface area contributed by atoms with Crippen LogP contribution in [0, 0.1) is 6.92 Å². The molecule has 1 unspecified atom stereocenters. The van der Waals surface area contributed by atoms with E-state index >= 15 is 0 Å². The third-order valence-corrected chi connectivity index (χ3v) is 5.38. The summed E-state index contributed by atoms with van der Waals surface area (Å²) in [5.74, 6) is -0.520. The summed E-state index contributed by atoms with van der Waals surface area (Å²) >= 11 is 0. The zero-order valence-electron chi connectivity index (χ0n) is 12.5. The summed E-state index contributed by atoms with van der Waals surface area (Å²) in [6, 6.07) is 4.65. The lowest BCUT2D eigenvalue weighted by atomic mass is 10.2. The van der Waals surface area contributed by atoms with Gasteiger partial charge in [0.05, 0.1) is 4.90 Å². The van der Waals surface area contributed by atoms with Crippen LogP contribution < -0.4 is 11.1 Å². The second-order valence-corrected chi connectivity index (χ2v) is 7.09. The summed E-state index contributed by atoms with van der Waals surface area (Å²) in [7, 11) is -2.19. The molecule has 0 aliphatic heterocycles. The highest BCUT2D eigenvalue weighted by Gasteiger charge is 2.30. The number of nitrogens with one attached hydrogen (secondary N) is 1. The molecule has 0 aliphatic carbocycles. The number of amides is 1. The largest absolute Gasteiger partial charge is 0.399 e. The third-order valence-electron chi connectivity index (χ3n) is 3.18. The lowest BCUT2D eigenvalue weighted by Gasteiger charge is -2.15. The number of ether oxygens (including phenoxy) is 1. The average Bonchev–Trinajstić information content (AvgIpc) is 2.45. The topological polar surface area (TPSA) is 98.5 Å². The maximum absolute atomic E-state index is 12.5. The predicted octanol–water partition coefficient (Wildman–Crippen LogP) is 0.892. The van der Waals surface area contributed by atoms with Gasteiger partial charge in [-0.1, -0.05) is 6.07 Å². The van der Waals surface area contributed by atoms with E-state index in [4.69, 9.17) is 10.5 Å². The van der Waals surface area contributed by atoms with Gasteiger partial charge in [-0.2, -0.15) is 0 Å². The molecule has 118 valence electrons. The van der Waals surface area contributed by atoms with Crippen LogP contribution in [-0.4, -0.2) is 39.8 Å². The van der Waals surface area contributed by atoms with Crippen LogP contribution in [0.1, 0.15) is 18.9 Å². The first-order valence-corrected chi connectivity index (χ1v) is 8.22. The first-order valence-electron chi connectivity index (χ1n) is 6.67. The van der Waals surface area contributed by atoms with Crippen LogP contribution in [0.3, 0.4) is 0 Å². The molecule has 1 aromatic carbocycles. The molecule has 1 rings (SSSR count). The molecule has 21 heavy (non-hydrogen) atoms. The molecular weight excluding hydrogens is 292 g/mol. The van der Waals surface area contributed by atoms with E-state index in [1.165, 1.54) is 13.0 Å². The number of sulfone groups is 1. The van der Waals surface area contributed by atoms with Gasteiger partial charge in [0, 0.05) is 25.9 Å². The van der Waals surface area contributed by atoms with Crippen molar-refractivity contribution < 1.29 is 17.9 Å². The van der Waals surface area contributed by atoms with Crippen molar-refractivity contribution in [3.05, 3.63) is 23.8 Å². The summed E-state index contributed by atoms with van der Waals surface area (Å²) in [4.78, 5) is 12.1. The van der Waals surface area contributed by atoms with E-state index in [0.29, 0.717) is 30.8 Å². The number of nitrogen functional groups attached to an aromatic ring is 1. The summed E-state index contributed by atoms with van der Waals surface area (Å²) in [6.07, 6.45) is 0.631. The molecular formula is C14H22N2O4S. The fourth-order valence-corrected chi connectivity index (χ4v) is 3.39. The quantitative estimate of drug-likeness (QED) is 0.575. The van der Waals surface area contributed by atoms with E-state index < -0.39 is 21.0 Å². The molecule has 6 nitrogen and oxygen atoms in total. The van der Waals surface area contributed by atoms with Crippen molar-refractivity contribution in [2.45, 2.75) is 30.4 Å². The van der Waals surface area contributed by atoms with Gasteiger partial charge in [-0.3, -0.25) is 4.79 Å². The molecule has 0 aromatic heterocycles. The average molecular weight is 314 g/mol. The van der Waals surface area contributed by atoms with Crippen molar-refractivity contribution in [2.24, 2.45) is 0 Å². The molecule has 0 spiro atoms. The van der Waals surface area contributed by atoms with Crippen LogP contribution in [0.25, 0.3) is 0 Å². The Labute approximate surface area is 125 Å². The van der Waals surface area contributed by atoms with Crippen molar-refractivity contribution in [3.63, 3.8) is 0 Å². The Morgan fingerprint density at radius 2 is 2.10 bits per heavy atom. The number of benzene rings is 1. The number of carbonyl (C=O) groups excluding carboxylic acids is 1. The van der Waals surface area contributed by atoms with Crippen molar-refractivity contribution in [2.75, 3.05) is 26.0 Å². The minimum Gasteiger partial charge on any atom is -0.399 e. The smallest absolute Gasteiger partial charge is 0.238 e. The number of hydrogen-bond donors (Lipinski definition) is 2. The number of aryl methyl sites for hydroxylation is 1. The molecule has 1 atom stereocenters. The highest BCUT2D eigenvalue weighted by molar-refractivity contribution is 7.92. The maximum atomic E-state index is 12.5. The number of methoxy groups -OCH3 is 1. The molecule has 1 amide bonds. The van der Waals surface area contributed by atoms with Crippen molar-refractivity contribution in [3.8, 4) is 0 Å². The second-order valence-electron chi connectivity index (χ2n) is 4.85. The van der Waals surface area contributed by atoms with E-state index in [2.05, 4.69) is 5.32 Å². The van der Waals surface area contributed by atoms with E-state index in [0.717, 1.165) is 0 Å². The van der Waals surface area contributed by atoms with Gasteiger partial charge >= 0.3 is 0 Å². The van der Waals surface area contributed by atoms with Crippen LogP contribution in [0.4, 0.5) is 5.69 Å². The SMILES string of the molecule is COCCCNC(=O)C(C)S(=O)(=O)c1cc(N)ccc1C. The van der Waals surface area contributed by atoms with Crippen LogP contribution in [0.2, 0.25) is 0 Å². The van der Waals surface area contributed by atoms with Crippen molar-refractivity contribution >= 4 is 21.4 Å². The molecule has 0 bridgehead atoms. The number of carbonyl (C=O) groups is 1. The summed E-state index contributed by atoms with van der Waals surface area (Å²) in [5, 5.41) is 1.43. The fourth-order valence-electron chi connectivity index (χ4n) is 1.83. The first kappa shape index (κ1) is 17.5. The van der Waals surface area contributed by atoms with E-state index in [-0.39, 0.29) is 4.90 Å². The van der Waals surface area contributed by atoms with E-state index in [1.807, 2.05) is 0 Å². The number of rotatable bonds is 7. The number of nitrogens with two attached hydrogens (primary N) is 1. The monoisotopic (exact) mass is 314 g/mol. The number of anilines is 1. The predicted molar refractivity (Wildman–Crippen MR) is 81.7 cm³/mol. The molecule has 0 saturated carbocycles. The molecule has 0 fully saturated rings. The van der Waals surface area contributed by atoms with Gasteiger partial charge in [0.25, 0.3) is 0 Å². The molecule has 7 heteroatoms. The van der Waals surface area contributed by atoms with E-state index in [9.17, 15) is 13.2 Å². The van der Waals surface area contributed by atoms with Crippen LogP contribution in [0.15, 0.2) is 23.1 Å². The zero-order valence-corrected chi connectivity index (χ0v) is 13.4. The highest BCUT2D eigenvalue weighted by atomic mass is 32.2. The van der Waals surface area contributed by atoms with Gasteiger partial charge in [0.2, 0.25) is 5.91 Å². The van der Waals surface area contributed by atoms with Crippen molar-refractivity contribution in [1.29, 1.82) is 0 Å². The van der Waals surface area contributed by atoms with Gasteiger partial charge in [0.1, 0.15) is 5.25 Å². The Morgan fingerprint density at radius 3 is 2.71 bits per heavy atom. The first-order chi connectivity index (χ1) is 9.80. The lowest BCUT2D eigenvalue weighted by molar-refractivity contribution is -0.120. The Hall–Kier alpha value is -1.60. The number of hydrogen-bond acceptors (Lipinski definition) is 5. The standard InChI is InChI=1S/C14H22N2O4S/c1-10-5-6-12(15)9-13(10)21(18,19)11(2)14(17)16-7-4-8-20-3/h5-6,9,11H,4,7-8,15H2,1-3H3,(H,16,17). The Bertz CT molecular complexity index is 599. The zero-order chi connectivity index (χ0) is 16.0. The van der Waals surface area contributed by atoms with Gasteiger partial charge in [-0.25, -0.2) is 8.42 Å². The summed E-state index contributed by atoms with van der Waals surface area (Å²) in [6.45, 7) is 3.94. The summed E-state index contributed by atoms with van der Waals surface area (Å²) < 4.78 is 29.9. The lowest BCUT2D eigenvalue weighted by Crippen LogP contribution is -2.38. The summed E-state index contributed by atoms with van der Waals surface area (Å²) in [5.41, 5.74) is 6.56. The van der Waals surface area contributed by atoms with Crippen molar-refractivity contribution in [1.82, 2.24) is 5.32 Å². The minimum atomic E-state index is -3.76. The van der Waals surface area contributed by atoms with Gasteiger partial charge < -0.3 is 15.8 Å². The Balaban J connectivity index is 2.86. The van der Waals surface area contributed by atoms with Gasteiger partial charge in [0.15, 0.2) is 9.84 Å². The highest BCUT2D eigenvalue weighted by Crippen LogP contribution is 2.22. The molecule has 0 saturated heterocycles. The molecule has 3 N–H and O–H groups in total. The minimum absolute atomic E-state index is 0.0991.